The Labute approximate surface area is 183 Å². The highest BCUT2D eigenvalue weighted by Crippen LogP contribution is 2.52. The molecule has 154 valence electrons. The molecule has 4 aromatic rings. The zero-order valence-electron chi connectivity index (χ0n) is 18.3. The predicted molar refractivity (Wildman–Crippen MR) is 129 cm³/mol. The van der Waals surface area contributed by atoms with Gasteiger partial charge in [0.15, 0.2) is 0 Å². The Morgan fingerprint density at radius 3 is 1.65 bits per heavy atom. The van der Waals surface area contributed by atoms with Gasteiger partial charge in [-0.15, -0.1) is 0 Å². The lowest BCUT2D eigenvalue weighted by Gasteiger charge is -2.14. The van der Waals surface area contributed by atoms with Crippen LogP contribution in [0, 0.1) is 0 Å². The van der Waals surface area contributed by atoms with E-state index in [1.54, 1.807) is 14.2 Å². The number of methoxy groups -OCH3 is 2. The topological polar surface area (TPSA) is 21.7 Å². The van der Waals surface area contributed by atoms with E-state index in [9.17, 15) is 0 Å². The van der Waals surface area contributed by atoms with Crippen LogP contribution in [-0.4, -0.2) is 28.3 Å². The van der Waals surface area contributed by atoms with Gasteiger partial charge in [0.2, 0.25) is 0 Å². The van der Waals surface area contributed by atoms with Gasteiger partial charge in [-0.1, -0.05) is 42.5 Å². The second kappa shape index (κ2) is 7.51. The fraction of sp³-hybridized carbons (Fsp3) is 0.143. The molecule has 0 saturated carbocycles. The largest absolute Gasteiger partial charge is 0.496 e. The summed E-state index contributed by atoms with van der Waals surface area (Å²) in [6, 6.07) is 27.8. The summed E-state index contributed by atoms with van der Waals surface area (Å²) in [5.74, 6) is 1.72. The molecule has 3 heteroatoms. The molecule has 0 atom stereocenters. The highest BCUT2D eigenvalue weighted by molar-refractivity contribution is 6.19. The fourth-order valence-electron chi connectivity index (χ4n) is 4.31. The Hall–Kier alpha value is -3.72. The molecule has 1 aliphatic carbocycles. The molecule has 0 amide bonds. The van der Waals surface area contributed by atoms with Crippen molar-refractivity contribution >= 4 is 27.6 Å². The summed E-state index contributed by atoms with van der Waals surface area (Å²) in [5, 5.41) is 2.15. The molecule has 0 spiro atoms. The van der Waals surface area contributed by atoms with E-state index in [0.29, 0.717) is 0 Å². The summed E-state index contributed by atoms with van der Waals surface area (Å²) in [4.78, 5) is 2.12. The maximum absolute atomic E-state index is 5.63. The average Bonchev–Trinajstić information content (AvgIpc) is 3.50. The third-order valence-electron chi connectivity index (χ3n) is 5.98. The third-order valence-corrected chi connectivity index (χ3v) is 5.98. The summed E-state index contributed by atoms with van der Waals surface area (Å²) >= 11 is 0. The van der Waals surface area contributed by atoms with E-state index in [4.69, 9.17) is 9.47 Å². The Balaban J connectivity index is 1.74. The molecule has 0 aromatic heterocycles. The summed E-state index contributed by atoms with van der Waals surface area (Å²) in [6.07, 6.45) is 0. The molecule has 4 aromatic carbocycles. The second-order valence-electron chi connectivity index (χ2n) is 7.97. The molecular formula is C28H25NO2. The van der Waals surface area contributed by atoms with E-state index in [0.717, 1.165) is 22.3 Å². The van der Waals surface area contributed by atoms with Crippen molar-refractivity contribution in [2.45, 2.75) is 0 Å². The molecule has 0 unspecified atom stereocenters. The van der Waals surface area contributed by atoms with Gasteiger partial charge in [0.05, 0.1) is 14.2 Å². The standard InChI is InChI=1S/C28H25NO2/c1-29(2)20-12-10-19(11-13-20)27(18-8-6-5-7-9-18)28-23-16-21-22(17-24(23)28)26(31-4)15-14-25(21)30-3/h5-17H,1-4H3. The molecular weight excluding hydrogens is 382 g/mol. The Kier molecular flexibility index (Phi) is 4.67. The zero-order chi connectivity index (χ0) is 21.5. The third kappa shape index (κ3) is 3.23. The van der Waals surface area contributed by atoms with E-state index in [2.05, 4.69) is 85.7 Å². The molecule has 31 heavy (non-hydrogen) atoms. The van der Waals surface area contributed by atoms with Crippen molar-refractivity contribution in [2.24, 2.45) is 0 Å². The first-order chi connectivity index (χ1) is 15.1. The Morgan fingerprint density at radius 2 is 1.16 bits per heavy atom. The van der Waals surface area contributed by atoms with E-state index >= 15 is 0 Å². The number of ether oxygens (including phenoxy) is 2. The number of hydrogen-bond donors (Lipinski definition) is 0. The minimum atomic E-state index is 0.862. The second-order valence-corrected chi connectivity index (χ2v) is 7.97. The lowest BCUT2D eigenvalue weighted by atomic mass is 9.95. The number of nitrogens with zero attached hydrogens (tertiary/aromatic N) is 1. The van der Waals surface area contributed by atoms with Gasteiger partial charge >= 0.3 is 0 Å². The maximum Gasteiger partial charge on any atom is 0.126 e. The zero-order valence-corrected chi connectivity index (χ0v) is 18.3. The lowest BCUT2D eigenvalue weighted by molar-refractivity contribution is 0.410. The minimum absolute atomic E-state index is 0.862. The van der Waals surface area contributed by atoms with Crippen LogP contribution >= 0.6 is 0 Å². The van der Waals surface area contributed by atoms with Crippen LogP contribution in [-0.2, 0) is 0 Å². The van der Waals surface area contributed by atoms with Gasteiger partial charge in [0.25, 0.3) is 0 Å². The number of benzene rings is 4. The van der Waals surface area contributed by atoms with Crippen LogP contribution in [0.3, 0.4) is 0 Å². The van der Waals surface area contributed by atoms with Gasteiger partial charge in [0, 0.05) is 30.6 Å². The molecule has 0 N–H and O–H groups in total. The van der Waals surface area contributed by atoms with Crippen molar-refractivity contribution in [1.82, 2.24) is 0 Å². The summed E-state index contributed by atoms with van der Waals surface area (Å²) in [5.41, 5.74) is 8.72. The van der Waals surface area contributed by atoms with Crippen molar-refractivity contribution in [2.75, 3.05) is 33.2 Å². The SMILES string of the molecule is COc1ccc(OC)c2cc3c(cc12)C3=C(c1ccccc1)c1ccc(N(C)C)cc1. The van der Waals surface area contributed by atoms with Crippen LogP contribution in [0.2, 0.25) is 0 Å². The lowest BCUT2D eigenvalue weighted by Crippen LogP contribution is -2.08. The van der Waals surface area contributed by atoms with Crippen molar-refractivity contribution in [1.29, 1.82) is 0 Å². The first-order valence-corrected chi connectivity index (χ1v) is 10.4. The molecule has 5 rings (SSSR count). The highest BCUT2D eigenvalue weighted by atomic mass is 16.5. The van der Waals surface area contributed by atoms with Crippen LogP contribution in [0.25, 0.3) is 21.9 Å². The number of rotatable bonds is 5. The van der Waals surface area contributed by atoms with E-state index in [1.165, 1.54) is 39.1 Å². The van der Waals surface area contributed by atoms with Gasteiger partial charge in [0.1, 0.15) is 11.5 Å². The molecule has 1 aliphatic rings. The molecule has 0 heterocycles. The molecule has 3 nitrogen and oxygen atoms in total. The number of hydrogen-bond acceptors (Lipinski definition) is 3. The van der Waals surface area contributed by atoms with Gasteiger partial charge in [-0.3, -0.25) is 0 Å². The van der Waals surface area contributed by atoms with Gasteiger partial charge < -0.3 is 14.4 Å². The number of fused-ring (bicyclic) bond motifs is 2. The summed E-state index contributed by atoms with van der Waals surface area (Å²) in [7, 11) is 7.56. The smallest absolute Gasteiger partial charge is 0.126 e. The monoisotopic (exact) mass is 407 g/mol. The van der Waals surface area contributed by atoms with Gasteiger partial charge in [-0.2, -0.15) is 0 Å². The average molecular weight is 408 g/mol. The summed E-state index contributed by atoms with van der Waals surface area (Å²) < 4.78 is 11.3. The van der Waals surface area contributed by atoms with Gasteiger partial charge in [-0.05, 0) is 69.8 Å². The minimum Gasteiger partial charge on any atom is -0.496 e. The van der Waals surface area contributed by atoms with Crippen LogP contribution in [0.1, 0.15) is 22.3 Å². The molecule has 0 fully saturated rings. The molecule has 0 aliphatic heterocycles. The van der Waals surface area contributed by atoms with Crippen molar-refractivity contribution in [3.8, 4) is 11.5 Å². The summed E-state index contributed by atoms with van der Waals surface area (Å²) in [6.45, 7) is 0. The predicted octanol–water partition coefficient (Wildman–Crippen LogP) is 6.24. The first-order valence-electron chi connectivity index (χ1n) is 10.4. The quantitative estimate of drug-likeness (QED) is 0.344. The van der Waals surface area contributed by atoms with Crippen molar-refractivity contribution in [3.05, 3.63) is 101 Å². The maximum atomic E-state index is 5.63. The van der Waals surface area contributed by atoms with E-state index in [1.807, 2.05) is 12.1 Å². The Bertz CT molecular complexity index is 1250. The van der Waals surface area contributed by atoms with E-state index in [-0.39, 0.29) is 0 Å². The molecule has 0 saturated heterocycles. The fourth-order valence-corrected chi connectivity index (χ4v) is 4.31. The van der Waals surface area contributed by atoms with Crippen LogP contribution in [0.5, 0.6) is 11.5 Å². The Morgan fingerprint density at radius 1 is 0.645 bits per heavy atom. The van der Waals surface area contributed by atoms with Crippen molar-refractivity contribution < 1.29 is 9.47 Å². The van der Waals surface area contributed by atoms with Crippen LogP contribution < -0.4 is 14.4 Å². The van der Waals surface area contributed by atoms with Gasteiger partial charge in [-0.25, -0.2) is 0 Å². The number of anilines is 1. The first kappa shape index (κ1) is 19.3. The van der Waals surface area contributed by atoms with Crippen molar-refractivity contribution in [3.63, 3.8) is 0 Å². The van der Waals surface area contributed by atoms with E-state index < -0.39 is 0 Å². The van der Waals surface area contributed by atoms with Crippen LogP contribution in [0.4, 0.5) is 5.69 Å². The molecule has 0 radical (unpaired) electrons. The van der Waals surface area contributed by atoms with Crippen LogP contribution in [0.15, 0.2) is 78.9 Å². The normalized spacial score (nSPS) is 11.8. The highest BCUT2D eigenvalue weighted by Gasteiger charge is 2.31. The molecule has 0 bridgehead atoms.